The molecule has 0 spiro atoms. The highest BCUT2D eigenvalue weighted by molar-refractivity contribution is 5.29. The van der Waals surface area contributed by atoms with Crippen molar-refractivity contribution in [2.24, 2.45) is 13.0 Å². The molecule has 0 aliphatic carbocycles. The second-order valence-electron chi connectivity index (χ2n) is 4.41. The second-order valence-corrected chi connectivity index (χ2v) is 4.41. The first-order chi connectivity index (χ1) is 7.06. The van der Waals surface area contributed by atoms with Gasteiger partial charge in [-0.3, -0.25) is 0 Å². The van der Waals surface area contributed by atoms with E-state index in [1.165, 1.54) is 6.42 Å². The number of nitrogens with zero attached hydrogens (tertiary/aromatic N) is 3. The maximum absolute atomic E-state index is 9.01. The van der Waals surface area contributed by atoms with Gasteiger partial charge in [-0.05, 0) is 25.7 Å². The third kappa shape index (κ3) is 2.82. The molecule has 1 aromatic rings. The molecule has 0 N–H and O–H groups in total. The van der Waals surface area contributed by atoms with Crippen LogP contribution in [0.15, 0.2) is 0 Å². The SMILES string of the molecule is Cc1nc(CCCC(C)C)c(C#N)n1C. The lowest BCUT2D eigenvalue weighted by Gasteiger charge is -2.02. The van der Waals surface area contributed by atoms with Crippen LogP contribution in [0.25, 0.3) is 0 Å². The smallest absolute Gasteiger partial charge is 0.143 e. The van der Waals surface area contributed by atoms with Crippen LogP contribution >= 0.6 is 0 Å². The quantitative estimate of drug-likeness (QED) is 0.758. The molecule has 0 atom stereocenters. The highest BCUT2D eigenvalue weighted by Gasteiger charge is 2.11. The number of rotatable bonds is 4. The molecule has 0 aliphatic rings. The molecule has 0 aliphatic heterocycles. The van der Waals surface area contributed by atoms with E-state index in [1.54, 1.807) is 0 Å². The van der Waals surface area contributed by atoms with Crippen LogP contribution in [-0.4, -0.2) is 9.55 Å². The van der Waals surface area contributed by atoms with Crippen LogP contribution in [-0.2, 0) is 13.5 Å². The van der Waals surface area contributed by atoms with E-state index in [0.717, 1.165) is 36.0 Å². The highest BCUT2D eigenvalue weighted by Crippen LogP contribution is 2.13. The average molecular weight is 205 g/mol. The van der Waals surface area contributed by atoms with Gasteiger partial charge in [-0.15, -0.1) is 0 Å². The van der Waals surface area contributed by atoms with Crippen molar-refractivity contribution >= 4 is 0 Å². The van der Waals surface area contributed by atoms with Gasteiger partial charge < -0.3 is 4.57 Å². The van der Waals surface area contributed by atoms with Crippen molar-refractivity contribution in [1.82, 2.24) is 9.55 Å². The van der Waals surface area contributed by atoms with Crippen molar-refractivity contribution in [3.8, 4) is 6.07 Å². The summed E-state index contributed by atoms with van der Waals surface area (Å²) in [6.45, 7) is 6.37. The van der Waals surface area contributed by atoms with Gasteiger partial charge in [0.2, 0.25) is 0 Å². The van der Waals surface area contributed by atoms with Gasteiger partial charge in [-0.2, -0.15) is 5.26 Å². The first-order valence-electron chi connectivity index (χ1n) is 5.48. The first-order valence-corrected chi connectivity index (χ1v) is 5.48. The van der Waals surface area contributed by atoms with Crippen LogP contribution in [0.3, 0.4) is 0 Å². The Labute approximate surface area is 91.7 Å². The minimum absolute atomic E-state index is 0.719. The largest absolute Gasteiger partial charge is 0.323 e. The molecule has 0 fully saturated rings. The van der Waals surface area contributed by atoms with E-state index in [2.05, 4.69) is 24.9 Å². The van der Waals surface area contributed by atoms with E-state index in [0.29, 0.717) is 0 Å². The van der Waals surface area contributed by atoms with Crippen LogP contribution in [0.5, 0.6) is 0 Å². The Bertz CT molecular complexity index is 369. The summed E-state index contributed by atoms with van der Waals surface area (Å²) in [4.78, 5) is 4.42. The first kappa shape index (κ1) is 11.8. The van der Waals surface area contributed by atoms with Crippen molar-refractivity contribution < 1.29 is 0 Å². The Hall–Kier alpha value is -1.30. The lowest BCUT2D eigenvalue weighted by atomic mass is 10.0. The predicted molar refractivity (Wildman–Crippen MR) is 60.4 cm³/mol. The number of imidazole rings is 1. The van der Waals surface area contributed by atoms with Crippen molar-refractivity contribution in [3.05, 3.63) is 17.2 Å². The number of hydrogen-bond acceptors (Lipinski definition) is 2. The summed E-state index contributed by atoms with van der Waals surface area (Å²) < 4.78 is 1.87. The molecule has 1 aromatic heterocycles. The standard InChI is InChI=1S/C12H19N3/c1-9(2)6-5-7-11-12(8-13)15(4)10(3)14-11/h9H,5-7H2,1-4H3. The lowest BCUT2D eigenvalue weighted by molar-refractivity contribution is 0.553. The highest BCUT2D eigenvalue weighted by atomic mass is 15.1. The normalized spacial score (nSPS) is 10.7. The number of hydrogen-bond donors (Lipinski definition) is 0. The van der Waals surface area contributed by atoms with E-state index >= 15 is 0 Å². The van der Waals surface area contributed by atoms with Crippen LogP contribution in [0, 0.1) is 24.2 Å². The fourth-order valence-electron chi connectivity index (χ4n) is 1.67. The van der Waals surface area contributed by atoms with E-state index in [-0.39, 0.29) is 0 Å². The Morgan fingerprint density at radius 1 is 1.47 bits per heavy atom. The molecule has 0 saturated carbocycles. The molecular formula is C12H19N3. The van der Waals surface area contributed by atoms with Crippen LogP contribution in [0.1, 0.15) is 43.9 Å². The second kappa shape index (κ2) is 4.97. The van der Waals surface area contributed by atoms with Gasteiger partial charge in [0.25, 0.3) is 0 Å². The summed E-state index contributed by atoms with van der Waals surface area (Å²) in [5, 5.41) is 9.01. The molecule has 15 heavy (non-hydrogen) atoms. The fourth-order valence-corrected chi connectivity index (χ4v) is 1.67. The van der Waals surface area contributed by atoms with Gasteiger partial charge in [-0.1, -0.05) is 20.3 Å². The Morgan fingerprint density at radius 2 is 2.13 bits per heavy atom. The van der Waals surface area contributed by atoms with E-state index in [9.17, 15) is 0 Å². The summed E-state index contributed by atoms with van der Waals surface area (Å²) >= 11 is 0. The zero-order valence-corrected chi connectivity index (χ0v) is 10.0. The zero-order chi connectivity index (χ0) is 11.4. The van der Waals surface area contributed by atoms with Crippen molar-refractivity contribution in [3.63, 3.8) is 0 Å². The molecule has 0 saturated heterocycles. The maximum Gasteiger partial charge on any atom is 0.143 e. The number of aromatic nitrogens is 2. The molecule has 1 rings (SSSR count). The molecule has 3 nitrogen and oxygen atoms in total. The van der Waals surface area contributed by atoms with Gasteiger partial charge >= 0.3 is 0 Å². The van der Waals surface area contributed by atoms with Gasteiger partial charge in [-0.25, -0.2) is 4.98 Å². The van der Waals surface area contributed by atoms with Crippen molar-refractivity contribution in [2.75, 3.05) is 0 Å². The van der Waals surface area contributed by atoms with Crippen LogP contribution in [0.2, 0.25) is 0 Å². The fraction of sp³-hybridized carbons (Fsp3) is 0.667. The summed E-state index contributed by atoms with van der Waals surface area (Å²) in [6, 6.07) is 2.22. The Morgan fingerprint density at radius 3 is 2.67 bits per heavy atom. The van der Waals surface area contributed by atoms with Gasteiger partial charge in [0.05, 0.1) is 5.69 Å². The number of nitriles is 1. The molecule has 0 unspecified atom stereocenters. The predicted octanol–water partition coefficient (Wildman–Crippen LogP) is 2.58. The third-order valence-corrected chi connectivity index (χ3v) is 2.69. The van der Waals surface area contributed by atoms with Gasteiger partial charge in [0, 0.05) is 7.05 Å². The monoisotopic (exact) mass is 205 g/mol. The molecule has 1 heterocycles. The third-order valence-electron chi connectivity index (χ3n) is 2.69. The summed E-state index contributed by atoms with van der Waals surface area (Å²) in [7, 11) is 1.90. The van der Waals surface area contributed by atoms with Crippen molar-refractivity contribution in [2.45, 2.75) is 40.0 Å². The molecule has 82 valence electrons. The summed E-state index contributed by atoms with van der Waals surface area (Å²) in [6.07, 6.45) is 3.23. The number of aryl methyl sites for hydroxylation is 2. The maximum atomic E-state index is 9.01. The average Bonchev–Trinajstić information content (AvgIpc) is 2.42. The summed E-state index contributed by atoms with van der Waals surface area (Å²) in [5.74, 6) is 1.64. The molecule has 0 amide bonds. The zero-order valence-electron chi connectivity index (χ0n) is 10.0. The van der Waals surface area contributed by atoms with Gasteiger partial charge in [0.1, 0.15) is 17.6 Å². The molecule has 0 radical (unpaired) electrons. The van der Waals surface area contributed by atoms with Crippen LogP contribution in [0.4, 0.5) is 0 Å². The van der Waals surface area contributed by atoms with Crippen molar-refractivity contribution in [1.29, 1.82) is 5.26 Å². The Balaban J connectivity index is 2.70. The van der Waals surface area contributed by atoms with E-state index in [4.69, 9.17) is 5.26 Å². The van der Waals surface area contributed by atoms with E-state index in [1.807, 2.05) is 18.5 Å². The minimum Gasteiger partial charge on any atom is -0.323 e. The molecule has 3 heteroatoms. The molecule has 0 bridgehead atoms. The topological polar surface area (TPSA) is 41.6 Å². The van der Waals surface area contributed by atoms with Gasteiger partial charge in [0.15, 0.2) is 0 Å². The lowest BCUT2D eigenvalue weighted by Crippen LogP contribution is -1.97. The molecular weight excluding hydrogens is 186 g/mol. The molecule has 0 aromatic carbocycles. The minimum atomic E-state index is 0.719. The van der Waals surface area contributed by atoms with E-state index < -0.39 is 0 Å². The van der Waals surface area contributed by atoms with Crippen LogP contribution < -0.4 is 0 Å². The Kier molecular flexibility index (Phi) is 3.90. The summed E-state index contributed by atoms with van der Waals surface area (Å²) in [5.41, 5.74) is 1.68.